The topological polar surface area (TPSA) is 60.5 Å². The van der Waals surface area contributed by atoms with Gasteiger partial charge in [0.2, 0.25) is 0 Å². The molecular formula is C16H12Cl2N2O3S. The van der Waals surface area contributed by atoms with E-state index in [-0.39, 0.29) is 12.5 Å². The van der Waals surface area contributed by atoms with Gasteiger partial charge >= 0.3 is 0 Å². The van der Waals surface area contributed by atoms with E-state index in [2.05, 4.69) is 10.3 Å². The predicted molar refractivity (Wildman–Crippen MR) is 96.8 cm³/mol. The van der Waals surface area contributed by atoms with Crippen LogP contribution in [0, 0.1) is 0 Å². The number of amides is 1. The number of ether oxygens (including phenoxy) is 2. The smallest absolute Gasteiger partial charge is 0.264 e. The number of anilines is 1. The first-order valence-corrected chi connectivity index (χ1v) is 8.45. The van der Waals surface area contributed by atoms with Gasteiger partial charge in [0.15, 0.2) is 11.7 Å². The third kappa shape index (κ3) is 3.72. The lowest BCUT2D eigenvalue weighted by Gasteiger charge is -2.07. The summed E-state index contributed by atoms with van der Waals surface area (Å²) in [7, 11) is 1.56. The molecule has 0 spiro atoms. The maximum atomic E-state index is 12.0. The van der Waals surface area contributed by atoms with E-state index >= 15 is 0 Å². The molecule has 2 aromatic carbocycles. The maximum Gasteiger partial charge on any atom is 0.264 e. The van der Waals surface area contributed by atoms with Gasteiger partial charge in [0.05, 0.1) is 21.9 Å². The fourth-order valence-electron chi connectivity index (χ4n) is 1.99. The molecule has 0 saturated carbocycles. The lowest BCUT2D eigenvalue weighted by molar-refractivity contribution is -0.118. The number of rotatable bonds is 5. The van der Waals surface area contributed by atoms with Crippen LogP contribution in [0.5, 0.6) is 11.5 Å². The summed E-state index contributed by atoms with van der Waals surface area (Å²) in [5, 5.41) is 4.12. The molecule has 0 bridgehead atoms. The van der Waals surface area contributed by atoms with Crippen LogP contribution in [0.2, 0.25) is 10.0 Å². The average molecular weight is 383 g/mol. The Kier molecular flexibility index (Phi) is 5.08. The highest BCUT2D eigenvalue weighted by Gasteiger charge is 2.13. The number of aromatic nitrogens is 1. The molecule has 0 radical (unpaired) electrons. The van der Waals surface area contributed by atoms with Crippen molar-refractivity contribution in [3.8, 4) is 11.5 Å². The summed E-state index contributed by atoms with van der Waals surface area (Å²) >= 11 is 13.5. The van der Waals surface area contributed by atoms with E-state index in [1.807, 2.05) is 0 Å². The van der Waals surface area contributed by atoms with Crippen LogP contribution >= 0.6 is 34.5 Å². The molecule has 124 valence electrons. The highest BCUT2D eigenvalue weighted by atomic mass is 35.5. The summed E-state index contributed by atoms with van der Waals surface area (Å²) in [4.78, 5) is 16.3. The Balaban J connectivity index is 1.66. The number of halogens is 2. The Hall–Kier alpha value is -2.02. The van der Waals surface area contributed by atoms with Crippen molar-refractivity contribution >= 4 is 55.8 Å². The molecule has 0 aliphatic rings. The summed E-state index contributed by atoms with van der Waals surface area (Å²) in [6.45, 7) is -0.148. The monoisotopic (exact) mass is 382 g/mol. The van der Waals surface area contributed by atoms with Crippen molar-refractivity contribution in [3.63, 3.8) is 0 Å². The molecule has 3 rings (SSSR count). The van der Waals surface area contributed by atoms with Crippen molar-refractivity contribution in [3.05, 3.63) is 46.4 Å². The lowest BCUT2D eigenvalue weighted by atomic mass is 10.3. The predicted octanol–water partition coefficient (Wildman–Crippen LogP) is 4.63. The zero-order valence-electron chi connectivity index (χ0n) is 12.5. The number of carbonyl (C=O) groups is 1. The number of nitrogens with one attached hydrogen (secondary N) is 1. The lowest BCUT2D eigenvalue weighted by Crippen LogP contribution is -2.20. The number of fused-ring (bicyclic) bond motifs is 1. The van der Waals surface area contributed by atoms with Crippen LogP contribution in [0.25, 0.3) is 10.2 Å². The van der Waals surface area contributed by atoms with Crippen molar-refractivity contribution in [1.29, 1.82) is 0 Å². The summed E-state index contributed by atoms with van der Waals surface area (Å²) in [5.41, 5.74) is 0.568. The van der Waals surface area contributed by atoms with E-state index in [0.29, 0.717) is 32.2 Å². The molecule has 1 N–H and O–H groups in total. The summed E-state index contributed by atoms with van der Waals surface area (Å²) < 4.78 is 11.3. The Morgan fingerprint density at radius 1 is 1.21 bits per heavy atom. The quantitative estimate of drug-likeness (QED) is 0.698. The highest BCUT2D eigenvalue weighted by Crippen LogP contribution is 2.35. The molecule has 0 unspecified atom stereocenters. The standard InChI is InChI=1S/C16H12Cl2N2O3S/c1-22-9-3-2-4-10(7-9)23-8-13(21)19-16-20-14-11(17)5-6-12(18)15(14)24-16/h2-7H,8H2,1H3,(H,19,20,21). The number of thiazole rings is 1. The Labute approximate surface area is 152 Å². The van der Waals surface area contributed by atoms with Gasteiger partial charge in [-0.05, 0) is 24.3 Å². The summed E-state index contributed by atoms with van der Waals surface area (Å²) in [5.74, 6) is 0.868. The third-order valence-corrected chi connectivity index (χ3v) is 4.84. The van der Waals surface area contributed by atoms with E-state index in [4.69, 9.17) is 32.7 Å². The highest BCUT2D eigenvalue weighted by molar-refractivity contribution is 7.23. The van der Waals surface area contributed by atoms with E-state index in [1.165, 1.54) is 11.3 Å². The third-order valence-electron chi connectivity index (χ3n) is 3.10. The van der Waals surface area contributed by atoms with Gasteiger partial charge in [-0.1, -0.05) is 40.6 Å². The van der Waals surface area contributed by atoms with Gasteiger partial charge < -0.3 is 9.47 Å². The first-order chi connectivity index (χ1) is 11.6. The molecule has 5 nitrogen and oxygen atoms in total. The van der Waals surface area contributed by atoms with Crippen LogP contribution in [0.3, 0.4) is 0 Å². The van der Waals surface area contributed by atoms with Crippen molar-refractivity contribution in [1.82, 2.24) is 4.98 Å². The number of benzene rings is 2. The van der Waals surface area contributed by atoms with E-state index < -0.39 is 0 Å². The largest absolute Gasteiger partial charge is 0.497 e. The van der Waals surface area contributed by atoms with E-state index in [9.17, 15) is 4.79 Å². The first-order valence-electron chi connectivity index (χ1n) is 6.88. The van der Waals surface area contributed by atoms with Gasteiger partial charge in [-0.15, -0.1) is 0 Å². The second-order valence-electron chi connectivity index (χ2n) is 4.74. The van der Waals surface area contributed by atoms with Crippen LogP contribution in [0.15, 0.2) is 36.4 Å². The van der Waals surface area contributed by atoms with Gasteiger partial charge in [-0.2, -0.15) is 0 Å². The molecule has 0 aliphatic carbocycles. The number of methoxy groups -OCH3 is 1. The number of carbonyl (C=O) groups excluding carboxylic acids is 1. The van der Waals surface area contributed by atoms with E-state index in [1.54, 1.807) is 43.5 Å². The second-order valence-corrected chi connectivity index (χ2v) is 6.56. The maximum absolute atomic E-state index is 12.0. The second kappa shape index (κ2) is 7.25. The van der Waals surface area contributed by atoms with Gasteiger partial charge in [-0.25, -0.2) is 4.98 Å². The van der Waals surface area contributed by atoms with Gasteiger partial charge in [-0.3, -0.25) is 10.1 Å². The fourth-order valence-corrected chi connectivity index (χ4v) is 3.43. The van der Waals surface area contributed by atoms with Crippen LogP contribution in [0.4, 0.5) is 5.13 Å². The van der Waals surface area contributed by atoms with Crippen LogP contribution < -0.4 is 14.8 Å². The molecule has 0 saturated heterocycles. The molecule has 1 amide bonds. The van der Waals surface area contributed by atoms with E-state index in [0.717, 1.165) is 4.70 Å². The normalized spacial score (nSPS) is 10.6. The van der Waals surface area contributed by atoms with Crippen LogP contribution in [-0.2, 0) is 4.79 Å². The van der Waals surface area contributed by atoms with Gasteiger partial charge in [0.1, 0.15) is 17.0 Å². The minimum absolute atomic E-state index is 0.148. The minimum atomic E-state index is -0.330. The van der Waals surface area contributed by atoms with Crippen LogP contribution in [0.1, 0.15) is 0 Å². The van der Waals surface area contributed by atoms with Crippen LogP contribution in [-0.4, -0.2) is 24.6 Å². The van der Waals surface area contributed by atoms with Crippen molar-refractivity contribution < 1.29 is 14.3 Å². The molecule has 0 fully saturated rings. The Bertz CT molecular complexity index is 859. The molecule has 0 aliphatic heterocycles. The molecule has 1 heterocycles. The van der Waals surface area contributed by atoms with Crippen molar-refractivity contribution in [2.45, 2.75) is 0 Å². The summed E-state index contributed by atoms with van der Waals surface area (Å²) in [6, 6.07) is 10.4. The molecular weight excluding hydrogens is 371 g/mol. The SMILES string of the molecule is COc1cccc(OCC(=O)Nc2nc3c(Cl)ccc(Cl)c3s2)c1. The molecule has 3 aromatic rings. The number of hydrogen-bond donors (Lipinski definition) is 1. The number of nitrogens with zero attached hydrogens (tertiary/aromatic N) is 1. The van der Waals surface area contributed by atoms with Crippen molar-refractivity contribution in [2.75, 3.05) is 19.0 Å². The van der Waals surface area contributed by atoms with Crippen molar-refractivity contribution in [2.24, 2.45) is 0 Å². The molecule has 24 heavy (non-hydrogen) atoms. The summed E-state index contributed by atoms with van der Waals surface area (Å²) in [6.07, 6.45) is 0. The van der Waals surface area contributed by atoms with Gasteiger partial charge in [0.25, 0.3) is 5.91 Å². The zero-order chi connectivity index (χ0) is 17.1. The number of hydrogen-bond acceptors (Lipinski definition) is 5. The Morgan fingerprint density at radius 3 is 2.71 bits per heavy atom. The first kappa shape index (κ1) is 16.8. The molecule has 0 atom stereocenters. The zero-order valence-corrected chi connectivity index (χ0v) is 14.8. The minimum Gasteiger partial charge on any atom is -0.497 e. The fraction of sp³-hybridized carbons (Fsp3) is 0.125. The Morgan fingerprint density at radius 2 is 1.96 bits per heavy atom. The molecule has 8 heteroatoms. The molecule has 1 aromatic heterocycles. The van der Waals surface area contributed by atoms with Gasteiger partial charge in [0, 0.05) is 6.07 Å². The average Bonchev–Trinajstić information content (AvgIpc) is 3.01.